The Balaban J connectivity index is 2.50. The molecular formula is C11H18O. The summed E-state index contributed by atoms with van der Waals surface area (Å²) in [5.74, 6) is 0. The predicted octanol–water partition coefficient (Wildman–Crippen LogP) is 2.81. The highest BCUT2D eigenvalue weighted by Crippen LogP contribution is 2.26. The van der Waals surface area contributed by atoms with Gasteiger partial charge in [-0.05, 0) is 38.5 Å². The molecule has 1 nitrogen and oxygen atoms in total. The average molecular weight is 166 g/mol. The Hall–Kier alpha value is -0.560. The second kappa shape index (κ2) is 4.46. The van der Waals surface area contributed by atoms with Gasteiger partial charge in [0.15, 0.2) is 0 Å². The molecule has 1 aliphatic carbocycles. The Kier molecular flexibility index (Phi) is 3.54. The average Bonchev–Trinajstić information content (AvgIpc) is 1.99. The first kappa shape index (κ1) is 9.53. The molecule has 0 aromatic heterocycles. The van der Waals surface area contributed by atoms with Crippen molar-refractivity contribution in [3.05, 3.63) is 24.8 Å². The zero-order chi connectivity index (χ0) is 8.86. The Morgan fingerprint density at radius 2 is 2.08 bits per heavy atom. The summed E-state index contributed by atoms with van der Waals surface area (Å²) in [6, 6.07) is 0. The number of rotatable bonds is 2. The van der Waals surface area contributed by atoms with E-state index in [0.717, 1.165) is 38.5 Å². The van der Waals surface area contributed by atoms with Crippen molar-refractivity contribution >= 4 is 0 Å². The summed E-state index contributed by atoms with van der Waals surface area (Å²) in [6.45, 7) is 3.68. The van der Waals surface area contributed by atoms with Crippen LogP contribution in [0.1, 0.15) is 38.5 Å². The van der Waals surface area contributed by atoms with Crippen LogP contribution in [0, 0.1) is 0 Å². The molecule has 1 atom stereocenters. The van der Waals surface area contributed by atoms with Crippen LogP contribution < -0.4 is 0 Å². The molecule has 1 N–H and O–H groups in total. The second-order valence-corrected chi connectivity index (χ2v) is 3.62. The molecule has 1 aliphatic rings. The second-order valence-electron chi connectivity index (χ2n) is 3.62. The van der Waals surface area contributed by atoms with Crippen LogP contribution in [0.5, 0.6) is 0 Å². The van der Waals surface area contributed by atoms with Crippen molar-refractivity contribution in [2.24, 2.45) is 0 Å². The van der Waals surface area contributed by atoms with E-state index in [1.54, 1.807) is 0 Å². The van der Waals surface area contributed by atoms with Crippen LogP contribution in [0.4, 0.5) is 0 Å². The minimum atomic E-state index is -0.466. The van der Waals surface area contributed by atoms with E-state index in [1.165, 1.54) is 0 Å². The molecule has 0 spiro atoms. The fourth-order valence-corrected chi connectivity index (χ4v) is 1.73. The van der Waals surface area contributed by atoms with Gasteiger partial charge in [-0.1, -0.05) is 18.2 Å². The van der Waals surface area contributed by atoms with Crippen LogP contribution in [0.3, 0.4) is 0 Å². The van der Waals surface area contributed by atoms with Gasteiger partial charge in [-0.2, -0.15) is 0 Å². The standard InChI is InChI=1S/C11H18O/c1-2-8-11(12)9-6-4-3-5-7-10-11/h2-4,12H,1,5-10H2/b4-3+/t11-/m1/s1. The lowest BCUT2D eigenvalue weighted by Crippen LogP contribution is -2.27. The van der Waals surface area contributed by atoms with E-state index in [0.29, 0.717) is 0 Å². The lowest BCUT2D eigenvalue weighted by Gasteiger charge is -2.27. The quantitative estimate of drug-likeness (QED) is 0.625. The van der Waals surface area contributed by atoms with E-state index < -0.39 is 5.60 Å². The highest BCUT2D eigenvalue weighted by molar-refractivity contribution is 4.93. The molecule has 12 heavy (non-hydrogen) atoms. The van der Waals surface area contributed by atoms with Gasteiger partial charge in [0.2, 0.25) is 0 Å². The van der Waals surface area contributed by atoms with Gasteiger partial charge in [0.1, 0.15) is 0 Å². The molecule has 1 rings (SSSR count). The van der Waals surface area contributed by atoms with Crippen molar-refractivity contribution in [1.82, 2.24) is 0 Å². The van der Waals surface area contributed by atoms with E-state index in [4.69, 9.17) is 0 Å². The summed E-state index contributed by atoms with van der Waals surface area (Å²) in [4.78, 5) is 0. The fourth-order valence-electron chi connectivity index (χ4n) is 1.73. The molecule has 0 fully saturated rings. The van der Waals surface area contributed by atoms with Gasteiger partial charge in [0.25, 0.3) is 0 Å². The summed E-state index contributed by atoms with van der Waals surface area (Å²) in [5, 5.41) is 10.1. The van der Waals surface area contributed by atoms with Gasteiger partial charge < -0.3 is 5.11 Å². The maximum Gasteiger partial charge on any atom is 0.0685 e. The molecule has 0 amide bonds. The van der Waals surface area contributed by atoms with E-state index in [1.807, 2.05) is 6.08 Å². The normalized spacial score (nSPS) is 33.4. The van der Waals surface area contributed by atoms with Crippen LogP contribution in [0.25, 0.3) is 0 Å². The van der Waals surface area contributed by atoms with Crippen molar-refractivity contribution < 1.29 is 5.11 Å². The van der Waals surface area contributed by atoms with Crippen LogP contribution in [0.15, 0.2) is 24.8 Å². The van der Waals surface area contributed by atoms with Crippen LogP contribution >= 0.6 is 0 Å². The molecule has 0 saturated heterocycles. The first-order valence-corrected chi connectivity index (χ1v) is 4.75. The van der Waals surface area contributed by atoms with Crippen molar-refractivity contribution in [3.8, 4) is 0 Å². The monoisotopic (exact) mass is 166 g/mol. The van der Waals surface area contributed by atoms with Gasteiger partial charge >= 0.3 is 0 Å². The molecule has 0 bridgehead atoms. The van der Waals surface area contributed by atoms with Crippen molar-refractivity contribution in [3.63, 3.8) is 0 Å². The van der Waals surface area contributed by atoms with E-state index in [9.17, 15) is 5.11 Å². The zero-order valence-corrected chi connectivity index (χ0v) is 7.63. The molecule has 1 heteroatoms. The highest BCUT2D eigenvalue weighted by Gasteiger charge is 2.24. The lowest BCUT2D eigenvalue weighted by atomic mass is 9.87. The fraction of sp³-hybridized carbons (Fsp3) is 0.636. The first-order chi connectivity index (χ1) is 5.77. The number of aliphatic hydroxyl groups is 1. The zero-order valence-electron chi connectivity index (χ0n) is 7.63. The van der Waals surface area contributed by atoms with E-state index in [-0.39, 0.29) is 0 Å². The molecule has 0 saturated carbocycles. The minimum Gasteiger partial charge on any atom is -0.390 e. The Labute approximate surface area is 74.8 Å². The van der Waals surface area contributed by atoms with Crippen LogP contribution in [0.2, 0.25) is 0 Å². The highest BCUT2D eigenvalue weighted by atomic mass is 16.3. The summed E-state index contributed by atoms with van der Waals surface area (Å²) in [6.07, 6.45) is 12.0. The van der Waals surface area contributed by atoms with Gasteiger partial charge in [-0.25, -0.2) is 0 Å². The maximum absolute atomic E-state index is 10.1. The molecule has 0 aromatic rings. The third-order valence-electron chi connectivity index (χ3n) is 2.48. The Morgan fingerprint density at radius 3 is 2.83 bits per heavy atom. The molecule has 0 aliphatic heterocycles. The molecule has 68 valence electrons. The minimum absolute atomic E-state index is 0.466. The van der Waals surface area contributed by atoms with Crippen LogP contribution in [-0.2, 0) is 0 Å². The van der Waals surface area contributed by atoms with Gasteiger partial charge in [-0.15, -0.1) is 6.58 Å². The van der Waals surface area contributed by atoms with Crippen molar-refractivity contribution in [2.75, 3.05) is 0 Å². The Bertz CT molecular complexity index is 172. The van der Waals surface area contributed by atoms with Gasteiger partial charge in [0, 0.05) is 0 Å². The van der Waals surface area contributed by atoms with Crippen LogP contribution in [-0.4, -0.2) is 10.7 Å². The number of allylic oxidation sites excluding steroid dienone is 2. The van der Waals surface area contributed by atoms with Gasteiger partial charge in [0.05, 0.1) is 5.60 Å². The topological polar surface area (TPSA) is 20.2 Å². The third-order valence-corrected chi connectivity index (χ3v) is 2.48. The maximum atomic E-state index is 10.1. The largest absolute Gasteiger partial charge is 0.390 e. The van der Waals surface area contributed by atoms with E-state index in [2.05, 4.69) is 18.7 Å². The number of hydrogen-bond acceptors (Lipinski definition) is 1. The molecule has 0 radical (unpaired) electrons. The Morgan fingerprint density at radius 1 is 1.33 bits per heavy atom. The molecular weight excluding hydrogens is 148 g/mol. The third kappa shape index (κ3) is 2.82. The lowest BCUT2D eigenvalue weighted by molar-refractivity contribution is 0.0240. The predicted molar refractivity (Wildman–Crippen MR) is 52.0 cm³/mol. The summed E-state index contributed by atoms with van der Waals surface area (Å²) >= 11 is 0. The van der Waals surface area contributed by atoms with Crippen molar-refractivity contribution in [2.45, 2.75) is 44.1 Å². The molecule has 0 heterocycles. The smallest absolute Gasteiger partial charge is 0.0685 e. The SMILES string of the molecule is C=CC[C@@]1(O)CC/C=C/CCC1. The molecule has 0 unspecified atom stereocenters. The van der Waals surface area contributed by atoms with Crippen molar-refractivity contribution in [1.29, 1.82) is 0 Å². The summed E-state index contributed by atoms with van der Waals surface area (Å²) < 4.78 is 0. The summed E-state index contributed by atoms with van der Waals surface area (Å²) in [5.41, 5.74) is -0.466. The van der Waals surface area contributed by atoms with Gasteiger partial charge in [-0.3, -0.25) is 0 Å². The first-order valence-electron chi connectivity index (χ1n) is 4.75. The summed E-state index contributed by atoms with van der Waals surface area (Å²) in [7, 11) is 0. The number of hydrogen-bond donors (Lipinski definition) is 1. The molecule has 0 aromatic carbocycles. The van der Waals surface area contributed by atoms with E-state index >= 15 is 0 Å².